The van der Waals surface area contributed by atoms with Crippen LogP contribution in [0.2, 0.25) is 0 Å². The van der Waals surface area contributed by atoms with Gasteiger partial charge in [0.15, 0.2) is 6.10 Å². The van der Waals surface area contributed by atoms with Crippen molar-refractivity contribution in [2.45, 2.75) is 271 Å². The van der Waals surface area contributed by atoms with E-state index in [-0.39, 0.29) is 38.0 Å². The average molecular weight is 1060 g/mol. The molecular weight excluding hydrogens is 949 g/mol. The molecule has 0 aromatic rings. The van der Waals surface area contributed by atoms with E-state index in [0.29, 0.717) is 6.42 Å². The molecule has 0 radical (unpaired) electrons. The summed E-state index contributed by atoms with van der Waals surface area (Å²) in [4.78, 5) is 38.2. The highest BCUT2D eigenvalue weighted by atomic mass is 16.6. The fraction of sp³-hybridized carbons (Fsp3) is 0.620. The molecule has 0 saturated heterocycles. The highest BCUT2D eigenvalue weighted by molar-refractivity contribution is 5.72. The Morgan fingerprint density at radius 1 is 0.286 bits per heavy atom. The van der Waals surface area contributed by atoms with Gasteiger partial charge in [-0.15, -0.1) is 0 Å². The standard InChI is InChI=1S/C71H114O6/c1-4-7-10-13-16-19-22-25-28-30-32-34-35-37-38-40-43-46-49-52-55-58-61-64-70(73)76-67-68(66-75-69(72)63-60-57-54-51-48-45-42-27-24-21-18-15-12-9-6-3)77-71(74)65-62-59-56-53-50-47-44-41-39-36-33-31-29-26-23-20-17-14-11-8-5-2/h7,9-10,12,16,18-19,21,23,25-28,31-34,39,41-42,48,51,57,60,68H,4-6,8,11,13-15,17,20,22,24,29-30,35-38,40,43-47,49-50,52-56,58-59,61-67H2,1-3H3/b10-7-,12-9-,19-16-,21-18-,26-23-,28-25-,33-31-,34-32-,41-39-,42-27-,51-48-,60-57-. The molecule has 0 aliphatic carbocycles. The first-order valence-electron chi connectivity index (χ1n) is 31.3. The van der Waals surface area contributed by atoms with Gasteiger partial charge in [-0.2, -0.15) is 0 Å². The molecule has 0 aliphatic rings. The van der Waals surface area contributed by atoms with Gasteiger partial charge in [0.2, 0.25) is 0 Å². The van der Waals surface area contributed by atoms with E-state index in [1.807, 2.05) is 6.08 Å². The zero-order chi connectivity index (χ0) is 55.7. The number of carbonyl (C=O) groups excluding carboxylic acids is 3. The number of carbonyl (C=O) groups is 3. The van der Waals surface area contributed by atoms with Gasteiger partial charge < -0.3 is 14.2 Å². The topological polar surface area (TPSA) is 78.9 Å². The molecule has 6 heteroatoms. The number of ether oxygens (including phenoxy) is 3. The largest absolute Gasteiger partial charge is 0.462 e. The SMILES string of the molecule is CC/C=C\C/C=C\C/C=C\C/C=C\C/C=C\CC(=O)OCC(COC(=O)CCCCCCCCCCCC/C=C\C/C=C\C/C=C\C/C=C\CC)OC(=O)CCCCCCCC/C=C\C/C=C\C/C=C\CCCCCCC. The van der Waals surface area contributed by atoms with Crippen LogP contribution < -0.4 is 0 Å². The fourth-order valence-corrected chi connectivity index (χ4v) is 8.22. The average Bonchev–Trinajstić information content (AvgIpc) is 3.43. The Hall–Kier alpha value is -4.71. The first kappa shape index (κ1) is 72.3. The maximum atomic E-state index is 12.9. The minimum absolute atomic E-state index is 0.117. The van der Waals surface area contributed by atoms with Gasteiger partial charge in [0, 0.05) is 12.8 Å². The Labute approximate surface area is 474 Å². The zero-order valence-electron chi connectivity index (χ0n) is 49.7. The molecule has 6 nitrogen and oxygen atoms in total. The Morgan fingerprint density at radius 2 is 0.558 bits per heavy atom. The summed E-state index contributed by atoms with van der Waals surface area (Å²) in [6, 6.07) is 0. The summed E-state index contributed by atoms with van der Waals surface area (Å²) in [6.07, 6.45) is 91.6. The minimum Gasteiger partial charge on any atom is -0.462 e. The molecule has 1 atom stereocenters. The van der Waals surface area contributed by atoms with Crippen LogP contribution in [0.3, 0.4) is 0 Å². The van der Waals surface area contributed by atoms with E-state index >= 15 is 0 Å². The smallest absolute Gasteiger partial charge is 0.309 e. The second-order valence-corrected chi connectivity index (χ2v) is 20.2. The summed E-state index contributed by atoms with van der Waals surface area (Å²) < 4.78 is 16.8. The Morgan fingerprint density at radius 3 is 0.909 bits per heavy atom. The molecule has 0 aromatic heterocycles. The van der Waals surface area contributed by atoms with Crippen molar-refractivity contribution >= 4 is 17.9 Å². The monoisotopic (exact) mass is 1060 g/mol. The third kappa shape index (κ3) is 62.0. The van der Waals surface area contributed by atoms with Crippen LogP contribution in [0.5, 0.6) is 0 Å². The number of hydrogen-bond acceptors (Lipinski definition) is 6. The maximum absolute atomic E-state index is 12.9. The fourth-order valence-electron chi connectivity index (χ4n) is 8.22. The number of allylic oxidation sites excluding steroid dienone is 23. The van der Waals surface area contributed by atoms with Crippen LogP contribution in [-0.4, -0.2) is 37.2 Å². The van der Waals surface area contributed by atoms with E-state index in [2.05, 4.69) is 154 Å². The lowest BCUT2D eigenvalue weighted by molar-refractivity contribution is -0.166. The van der Waals surface area contributed by atoms with Gasteiger partial charge in [-0.25, -0.2) is 0 Å². The molecule has 0 saturated carbocycles. The molecule has 0 heterocycles. The first-order chi connectivity index (χ1) is 38.0. The van der Waals surface area contributed by atoms with Crippen LogP contribution in [-0.2, 0) is 28.6 Å². The third-order valence-electron chi connectivity index (χ3n) is 12.8. The lowest BCUT2D eigenvalue weighted by Crippen LogP contribution is -2.30. The molecule has 0 aliphatic heterocycles. The number of unbranched alkanes of at least 4 members (excludes halogenated alkanes) is 21. The summed E-state index contributed by atoms with van der Waals surface area (Å²) >= 11 is 0. The van der Waals surface area contributed by atoms with Crippen molar-refractivity contribution < 1.29 is 28.6 Å². The van der Waals surface area contributed by atoms with Crippen molar-refractivity contribution in [1.82, 2.24) is 0 Å². The van der Waals surface area contributed by atoms with Gasteiger partial charge in [-0.05, 0) is 122 Å². The van der Waals surface area contributed by atoms with E-state index in [0.717, 1.165) is 122 Å². The van der Waals surface area contributed by atoms with Gasteiger partial charge >= 0.3 is 17.9 Å². The predicted molar refractivity (Wildman–Crippen MR) is 334 cm³/mol. The van der Waals surface area contributed by atoms with Crippen molar-refractivity contribution in [3.05, 3.63) is 146 Å². The summed E-state index contributed by atoms with van der Waals surface area (Å²) in [7, 11) is 0. The lowest BCUT2D eigenvalue weighted by Gasteiger charge is -2.18. The summed E-state index contributed by atoms with van der Waals surface area (Å²) in [5.41, 5.74) is 0. The van der Waals surface area contributed by atoms with Crippen molar-refractivity contribution in [1.29, 1.82) is 0 Å². The number of hydrogen-bond donors (Lipinski definition) is 0. The van der Waals surface area contributed by atoms with Crippen molar-refractivity contribution in [2.75, 3.05) is 13.2 Å². The van der Waals surface area contributed by atoms with Gasteiger partial charge in [-0.3, -0.25) is 14.4 Å². The van der Waals surface area contributed by atoms with E-state index in [4.69, 9.17) is 14.2 Å². The molecule has 434 valence electrons. The lowest BCUT2D eigenvalue weighted by atomic mass is 10.1. The second kappa shape index (κ2) is 63.8. The molecule has 0 fully saturated rings. The normalized spacial score (nSPS) is 13.1. The summed E-state index contributed by atoms with van der Waals surface area (Å²) in [5.74, 6) is -1.07. The second-order valence-electron chi connectivity index (χ2n) is 20.2. The molecule has 0 bridgehead atoms. The molecule has 0 aromatic carbocycles. The molecule has 0 spiro atoms. The maximum Gasteiger partial charge on any atom is 0.309 e. The van der Waals surface area contributed by atoms with Gasteiger partial charge in [0.25, 0.3) is 0 Å². The van der Waals surface area contributed by atoms with Gasteiger partial charge in [-0.1, -0.05) is 269 Å². The Bertz CT molecular complexity index is 1700. The van der Waals surface area contributed by atoms with Crippen LogP contribution >= 0.6 is 0 Å². The van der Waals surface area contributed by atoms with Crippen molar-refractivity contribution in [3.63, 3.8) is 0 Å². The molecule has 0 amide bonds. The van der Waals surface area contributed by atoms with E-state index in [9.17, 15) is 14.4 Å². The predicted octanol–water partition coefficient (Wildman–Crippen LogP) is 21.5. The highest BCUT2D eigenvalue weighted by Crippen LogP contribution is 2.15. The molecule has 0 rings (SSSR count). The Kier molecular flexibility index (Phi) is 59.9. The van der Waals surface area contributed by atoms with Crippen LogP contribution in [0.4, 0.5) is 0 Å². The number of rotatable bonds is 55. The quantitative estimate of drug-likeness (QED) is 0.0261. The summed E-state index contributed by atoms with van der Waals surface area (Å²) in [6.45, 7) is 6.30. The van der Waals surface area contributed by atoms with Crippen molar-refractivity contribution in [3.8, 4) is 0 Å². The van der Waals surface area contributed by atoms with E-state index in [1.165, 1.54) is 103 Å². The van der Waals surface area contributed by atoms with Crippen LogP contribution in [0.1, 0.15) is 265 Å². The molecular formula is C71H114O6. The Balaban J connectivity index is 4.49. The third-order valence-corrected chi connectivity index (χ3v) is 12.8. The van der Waals surface area contributed by atoms with Crippen molar-refractivity contribution in [2.24, 2.45) is 0 Å². The number of esters is 3. The van der Waals surface area contributed by atoms with E-state index in [1.54, 1.807) is 6.08 Å². The molecule has 77 heavy (non-hydrogen) atoms. The van der Waals surface area contributed by atoms with Crippen LogP contribution in [0.15, 0.2) is 146 Å². The molecule has 0 N–H and O–H groups in total. The van der Waals surface area contributed by atoms with Gasteiger partial charge in [0.05, 0.1) is 6.42 Å². The van der Waals surface area contributed by atoms with Crippen LogP contribution in [0, 0.1) is 0 Å². The van der Waals surface area contributed by atoms with Gasteiger partial charge in [0.1, 0.15) is 13.2 Å². The highest BCUT2D eigenvalue weighted by Gasteiger charge is 2.19. The minimum atomic E-state index is -0.834. The first-order valence-corrected chi connectivity index (χ1v) is 31.3. The summed E-state index contributed by atoms with van der Waals surface area (Å²) in [5, 5.41) is 0. The zero-order valence-corrected chi connectivity index (χ0v) is 49.7. The van der Waals surface area contributed by atoms with Crippen LogP contribution in [0.25, 0.3) is 0 Å². The van der Waals surface area contributed by atoms with E-state index < -0.39 is 12.1 Å². The molecule has 1 unspecified atom stereocenters.